The number of rotatable bonds is 2. The smallest absolute Gasteiger partial charge is 0.323 e. The lowest BCUT2D eigenvalue weighted by atomic mass is 10.2. The van der Waals surface area contributed by atoms with Crippen LogP contribution in [0.15, 0.2) is 18.2 Å². The number of hydrogen-bond donors (Lipinski definition) is 0. The molecule has 1 aromatic carbocycles. The van der Waals surface area contributed by atoms with Gasteiger partial charge in [0, 0.05) is 12.6 Å². The highest BCUT2D eigenvalue weighted by atomic mass is 35.5. The van der Waals surface area contributed by atoms with Crippen LogP contribution in [0.4, 0.5) is 4.79 Å². The number of halogens is 2. The lowest BCUT2D eigenvalue weighted by molar-refractivity contribution is 0.0847. The van der Waals surface area contributed by atoms with Crippen LogP contribution in [-0.4, -0.2) is 30.3 Å². The van der Waals surface area contributed by atoms with E-state index in [-0.39, 0.29) is 5.56 Å². The molecule has 1 rings (SSSR count). The molecule has 4 nitrogen and oxygen atoms in total. The third kappa shape index (κ3) is 2.65. The van der Waals surface area contributed by atoms with Crippen LogP contribution >= 0.6 is 23.2 Å². The number of methoxy groups -OCH3 is 1. The van der Waals surface area contributed by atoms with Crippen molar-refractivity contribution in [2.75, 3.05) is 14.2 Å². The van der Waals surface area contributed by atoms with Gasteiger partial charge in [0.2, 0.25) is 0 Å². The minimum Gasteiger partial charge on any atom is -0.495 e. The second-order valence-electron chi connectivity index (χ2n) is 2.97. The Kier molecular flexibility index (Phi) is 4.15. The van der Waals surface area contributed by atoms with Crippen LogP contribution in [-0.2, 0) is 0 Å². The molecule has 0 unspecified atom stereocenters. The Bertz CT molecular complexity index is 434. The largest absolute Gasteiger partial charge is 0.495 e. The van der Waals surface area contributed by atoms with Crippen LogP contribution in [0.5, 0.6) is 5.75 Å². The molecule has 0 fully saturated rings. The zero-order valence-electron chi connectivity index (χ0n) is 8.66. The van der Waals surface area contributed by atoms with Crippen molar-refractivity contribution in [3.05, 3.63) is 28.8 Å². The van der Waals surface area contributed by atoms with E-state index in [4.69, 9.17) is 27.9 Å². The Morgan fingerprint density at radius 1 is 1.38 bits per heavy atom. The van der Waals surface area contributed by atoms with Gasteiger partial charge in [0.25, 0.3) is 5.91 Å². The van der Waals surface area contributed by atoms with Gasteiger partial charge in [-0.1, -0.05) is 11.6 Å². The highest BCUT2D eigenvalue weighted by molar-refractivity contribution is 6.64. The summed E-state index contributed by atoms with van der Waals surface area (Å²) in [4.78, 5) is 23.2. The molecule has 0 aromatic heterocycles. The van der Waals surface area contributed by atoms with E-state index in [0.29, 0.717) is 10.8 Å². The average Bonchev–Trinajstić information content (AvgIpc) is 2.26. The van der Waals surface area contributed by atoms with Gasteiger partial charge < -0.3 is 4.74 Å². The summed E-state index contributed by atoms with van der Waals surface area (Å²) in [5.74, 6) is -0.0670. The first-order valence-corrected chi connectivity index (χ1v) is 5.04. The van der Waals surface area contributed by atoms with E-state index in [9.17, 15) is 9.59 Å². The molecule has 0 atom stereocenters. The number of carbonyl (C=O) groups excluding carboxylic acids is 2. The molecular formula is C10H9Cl2NO3. The molecule has 2 amide bonds. The number of ether oxygens (including phenoxy) is 1. The summed E-state index contributed by atoms with van der Waals surface area (Å²) in [6, 6.07) is 4.46. The molecule has 0 heterocycles. The summed E-state index contributed by atoms with van der Waals surface area (Å²) in [6.45, 7) is 0. The highest BCUT2D eigenvalue weighted by Crippen LogP contribution is 2.25. The molecule has 0 bridgehead atoms. The van der Waals surface area contributed by atoms with Gasteiger partial charge in [-0.15, -0.1) is 0 Å². The molecule has 0 spiro atoms. The normalized spacial score (nSPS) is 9.75. The van der Waals surface area contributed by atoms with Crippen molar-refractivity contribution in [3.63, 3.8) is 0 Å². The zero-order valence-corrected chi connectivity index (χ0v) is 10.2. The SMILES string of the molecule is COc1ccc(C(=O)N(C)C(=O)Cl)cc1Cl. The second kappa shape index (κ2) is 5.18. The first-order valence-electron chi connectivity index (χ1n) is 4.28. The van der Waals surface area contributed by atoms with E-state index in [1.165, 1.54) is 26.3 Å². The first-order chi connectivity index (χ1) is 7.47. The van der Waals surface area contributed by atoms with Crippen molar-refractivity contribution in [2.24, 2.45) is 0 Å². The first kappa shape index (κ1) is 12.8. The summed E-state index contributed by atoms with van der Waals surface area (Å²) in [5, 5.41) is -0.555. The Morgan fingerprint density at radius 3 is 2.44 bits per heavy atom. The van der Waals surface area contributed by atoms with Crippen LogP contribution in [0.25, 0.3) is 0 Å². The van der Waals surface area contributed by atoms with E-state index >= 15 is 0 Å². The van der Waals surface area contributed by atoms with Crippen LogP contribution in [0, 0.1) is 0 Å². The molecule has 0 saturated carbocycles. The molecule has 16 heavy (non-hydrogen) atoms. The van der Waals surface area contributed by atoms with Gasteiger partial charge in [-0.25, -0.2) is 0 Å². The number of nitrogens with zero attached hydrogens (tertiary/aromatic N) is 1. The van der Waals surface area contributed by atoms with Gasteiger partial charge in [0.1, 0.15) is 5.75 Å². The standard InChI is InChI=1S/C10H9Cl2NO3/c1-13(10(12)15)9(14)6-3-4-8(16-2)7(11)5-6/h3-5H,1-2H3. The quantitative estimate of drug-likeness (QED) is 0.608. The van der Waals surface area contributed by atoms with E-state index in [0.717, 1.165) is 4.90 Å². The maximum atomic E-state index is 11.7. The Balaban J connectivity index is 3.02. The Hall–Kier alpha value is -1.26. The lowest BCUT2D eigenvalue weighted by Gasteiger charge is -2.12. The highest BCUT2D eigenvalue weighted by Gasteiger charge is 2.17. The molecule has 0 aliphatic heterocycles. The van der Waals surface area contributed by atoms with Crippen molar-refractivity contribution in [2.45, 2.75) is 0 Å². The van der Waals surface area contributed by atoms with E-state index in [1.807, 2.05) is 0 Å². The van der Waals surface area contributed by atoms with Crippen LogP contribution in [0.3, 0.4) is 0 Å². The number of carbonyl (C=O) groups is 2. The summed E-state index contributed by atoms with van der Waals surface area (Å²) >= 11 is 11.0. The van der Waals surface area contributed by atoms with Crippen LogP contribution < -0.4 is 4.74 Å². The minimum atomic E-state index is -0.850. The predicted molar refractivity (Wildman–Crippen MR) is 61.3 cm³/mol. The topological polar surface area (TPSA) is 46.6 Å². The average molecular weight is 262 g/mol. The second-order valence-corrected chi connectivity index (χ2v) is 3.70. The fraction of sp³-hybridized carbons (Fsp3) is 0.200. The van der Waals surface area contributed by atoms with Gasteiger partial charge in [0.15, 0.2) is 0 Å². The molecular weight excluding hydrogens is 253 g/mol. The fourth-order valence-electron chi connectivity index (χ4n) is 1.07. The maximum absolute atomic E-state index is 11.7. The summed E-state index contributed by atoms with van der Waals surface area (Å²) in [5.41, 5.74) is 0.266. The lowest BCUT2D eigenvalue weighted by Crippen LogP contribution is -2.28. The third-order valence-electron chi connectivity index (χ3n) is 1.97. The van der Waals surface area contributed by atoms with Crippen molar-refractivity contribution >= 4 is 34.5 Å². The minimum absolute atomic E-state index is 0.266. The van der Waals surface area contributed by atoms with Crippen molar-refractivity contribution in [1.82, 2.24) is 4.90 Å². The van der Waals surface area contributed by atoms with Crippen LogP contribution in [0.2, 0.25) is 5.02 Å². The molecule has 0 saturated heterocycles. The molecule has 0 aliphatic rings. The number of imide groups is 1. The molecule has 0 N–H and O–H groups in total. The van der Waals surface area contributed by atoms with Crippen LogP contribution in [0.1, 0.15) is 10.4 Å². The number of benzene rings is 1. The number of amides is 2. The van der Waals surface area contributed by atoms with Crippen molar-refractivity contribution < 1.29 is 14.3 Å². The molecule has 1 aromatic rings. The van der Waals surface area contributed by atoms with Gasteiger partial charge in [-0.05, 0) is 29.8 Å². The molecule has 6 heteroatoms. The zero-order chi connectivity index (χ0) is 12.3. The number of hydrogen-bond acceptors (Lipinski definition) is 3. The van der Waals surface area contributed by atoms with Gasteiger partial charge in [-0.3, -0.25) is 14.5 Å². The molecule has 0 radical (unpaired) electrons. The summed E-state index contributed by atoms with van der Waals surface area (Å²) < 4.78 is 4.94. The maximum Gasteiger partial charge on any atom is 0.323 e. The monoisotopic (exact) mass is 261 g/mol. The summed E-state index contributed by atoms with van der Waals surface area (Å²) in [6.07, 6.45) is 0. The Morgan fingerprint density at radius 2 is 2.00 bits per heavy atom. The third-order valence-corrected chi connectivity index (χ3v) is 2.52. The fourth-order valence-corrected chi connectivity index (χ4v) is 1.41. The van der Waals surface area contributed by atoms with E-state index in [1.54, 1.807) is 6.07 Å². The van der Waals surface area contributed by atoms with Gasteiger partial charge >= 0.3 is 5.37 Å². The van der Waals surface area contributed by atoms with E-state index in [2.05, 4.69) is 0 Å². The summed E-state index contributed by atoms with van der Waals surface area (Å²) in [7, 11) is 2.76. The van der Waals surface area contributed by atoms with Crippen molar-refractivity contribution in [3.8, 4) is 5.75 Å². The molecule has 0 aliphatic carbocycles. The van der Waals surface area contributed by atoms with Crippen molar-refractivity contribution in [1.29, 1.82) is 0 Å². The molecule has 86 valence electrons. The van der Waals surface area contributed by atoms with Gasteiger partial charge in [-0.2, -0.15) is 0 Å². The Labute approximate surface area is 103 Å². The van der Waals surface area contributed by atoms with E-state index < -0.39 is 11.3 Å². The predicted octanol–water partition coefficient (Wildman–Crippen LogP) is 2.78. The van der Waals surface area contributed by atoms with Gasteiger partial charge in [0.05, 0.1) is 12.1 Å².